The van der Waals surface area contributed by atoms with Gasteiger partial charge in [0.25, 0.3) is 0 Å². The van der Waals surface area contributed by atoms with Crippen LogP contribution in [0.15, 0.2) is 40.9 Å². The van der Waals surface area contributed by atoms with Crippen LogP contribution in [-0.2, 0) is 0 Å². The molecule has 0 saturated heterocycles. The van der Waals surface area contributed by atoms with Crippen LogP contribution < -0.4 is 0 Å². The zero-order chi connectivity index (χ0) is 15.6. The maximum absolute atomic E-state index is 12.7. The van der Waals surface area contributed by atoms with Gasteiger partial charge < -0.3 is 0 Å². The molecule has 0 amide bonds. The van der Waals surface area contributed by atoms with Gasteiger partial charge in [0.2, 0.25) is 0 Å². The van der Waals surface area contributed by atoms with Crippen LogP contribution in [0.3, 0.4) is 0 Å². The number of benzene rings is 2. The maximum atomic E-state index is 12.7. The number of nitrogens with zero attached hydrogens (tertiary/aromatic N) is 1. The van der Waals surface area contributed by atoms with Crippen molar-refractivity contribution in [2.75, 3.05) is 0 Å². The second-order valence-electron chi connectivity index (χ2n) is 5.21. The van der Waals surface area contributed by atoms with E-state index in [0.717, 1.165) is 26.7 Å². The van der Waals surface area contributed by atoms with Crippen molar-refractivity contribution in [2.24, 2.45) is 0 Å². The number of carbonyl (C=O) groups excluding carboxylic acids is 1. The highest BCUT2D eigenvalue weighted by molar-refractivity contribution is 9.10. The number of halogens is 1. The molecule has 0 bridgehead atoms. The lowest BCUT2D eigenvalue weighted by atomic mass is 9.89. The molecule has 2 aromatic carbocycles. The summed E-state index contributed by atoms with van der Waals surface area (Å²) in [6.45, 7) is 5.93. The molecule has 0 radical (unpaired) electrons. The van der Waals surface area contributed by atoms with Gasteiger partial charge in [-0.1, -0.05) is 36.4 Å². The molecule has 0 aliphatic carbocycles. The third-order valence-corrected chi connectivity index (χ3v) is 4.77. The molecule has 21 heavy (non-hydrogen) atoms. The molecule has 3 heteroatoms. The summed E-state index contributed by atoms with van der Waals surface area (Å²) in [6, 6.07) is 13.4. The quantitative estimate of drug-likeness (QED) is 0.747. The molecule has 2 nitrogen and oxygen atoms in total. The standard InChI is InChI=1S/C18H16BrNO/c1-11-7-8-14(9-13(11)3)16(10-20)18(21)15-6-4-5-12(2)17(15)19/h4-9,16H,1-3H3. The summed E-state index contributed by atoms with van der Waals surface area (Å²) < 4.78 is 0.763. The minimum absolute atomic E-state index is 0.170. The van der Waals surface area contributed by atoms with E-state index in [0.29, 0.717) is 5.56 Å². The van der Waals surface area contributed by atoms with Gasteiger partial charge in [-0.25, -0.2) is 0 Å². The Morgan fingerprint density at radius 3 is 2.43 bits per heavy atom. The van der Waals surface area contributed by atoms with Crippen LogP contribution in [0, 0.1) is 32.1 Å². The van der Waals surface area contributed by atoms with E-state index in [2.05, 4.69) is 22.0 Å². The van der Waals surface area contributed by atoms with E-state index in [1.165, 1.54) is 0 Å². The van der Waals surface area contributed by atoms with Gasteiger partial charge in [0.1, 0.15) is 5.92 Å². The van der Waals surface area contributed by atoms with E-state index >= 15 is 0 Å². The van der Waals surface area contributed by atoms with Gasteiger partial charge in [-0.05, 0) is 59.0 Å². The number of rotatable bonds is 3. The molecule has 0 saturated carbocycles. The molecule has 1 unspecified atom stereocenters. The summed E-state index contributed by atoms with van der Waals surface area (Å²) in [6.07, 6.45) is 0. The summed E-state index contributed by atoms with van der Waals surface area (Å²) in [5, 5.41) is 9.45. The molecule has 2 aromatic rings. The van der Waals surface area contributed by atoms with Gasteiger partial charge in [-0.2, -0.15) is 5.26 Å². The van der Waals surface area contributed by atoms with Gasteiger partial charge in [0.05, 0.1) is 6.07 Å². The summed E-state index contributed by atoms with van der Waals surface area (Å²) in [4.78, 5) is 12.7. The molecule has 0 aliphatic heterocycles. The Bertz CT molecular complexity index is 743. The Balaban J connectivity index is 2.46. The zero-order valence-corrected chi connectivity index (χ0v) is 13.9. The Kier molecular flexibility index (Phi) is 4.59. The third kappa shape index (κ3) is 3.06. The number of Topliss-reactive ketones (excluding diaryl/α,β-unsaturated/α-hetero) is 1. The van der Waals surface area contributed by atoms with Crippen LogP contribution in [0.25, 0.3) is 0 Å². The fourth-order valence-corrected chi connectivity index (χ4v) is 2.68. The highest BCUT2D eigenvalue weighted by Crippen LogP contribution is 2.28. The van der Waals surface area contributed by atoms with Crippen molar-refractivity contribution in [1.29, 1.82) is 5.26 Å². The molecular formula is C18H16BrNO. The van der Waals surface area contributed by atoms with Crippen LogP contribution >= 0.6 is 15.9 Å². The first kappa shape index (κ1) is 15.5. The molecule has 0 aromatic heterocycles. The third-order valence-electron chi connectivity index (χ3n) is 3.71. The monoisotopic (exact) mass is 341 g/mol. The summed E-state index contributed by atoms with van der Waals surface area (Å²) in [5.74, 6) is -0.946. The first-order valence-electron chi connectivity index (χ1n) is 6.71. The average Bonchev–Trinajstić information content (AvgIpc) is 2.46. The van der Waals surface area contributed by atoms with Crippen LogP contribution in [0.4, 0.5) is 0 Å². The number of hydrogen-bond donors (Lipinski definition) is 0. The number of nitriles is 1. The van der Waals surface area contributed by atoms with Crippen molar-refractivity contribution in [3.63, 3.8) is 0 Å². The molecular weight excluding hydrogens is 326 g/mol. The van der Waals surface area contributed by atoms with E-state index < -0.39 is 5.92 Å². The lowest BCUT2D eigenvalue weighted by molar-refractivity contribution is 0.0978. The first-order chi connectivity index (χ1) is 9.95. The molecule has 0 fully saturated rings. The second kappa shape index (κ2) is 6.24. The van der Waals surface area contributed by atoms with Crippen molar-refractivity contribution in [1.82, 2.24) is 0 Å². The van der Waals surface area contributed by atoms with Crippen molar-refractivity contribution in [2.45, 2.75) is 26.7 Å². The largest absolute Gasteiger partial charge is 0.292 e. The lowest BCUT2D eigenvalue weighted by Gasteiger charge is -2.12. The minimum atomic E-state index is -0.776. The summed E-state index contributed by atoms with van der Waals surface area (Å²) >= 11 is 3.45. The van der Waals surface area contributed by atoms with Crippen LogP contribution in [-0.4, -0.2) is 5.78 Å². The lowest BCUT2D eigenvalue weighted by Crippen LogP contribution is -2.12. The molecule has 0 heterocycles. The average molecular weight is 342 g/mol. The molecule has 2 rings (SSSR count). The fraction of sp³-hybridized carbons (Fsp3) is 0.222. The fourth-order valence-electron chi connectivity index (χ4n) is 2.22. The second-order valence-corrected chi connectivity index (χ2v) is 6.00. The Hall–Kier alpha value is -1.92. The molecule has 0 N–H and O–H groups in total. The zero-order valence-electron chi connectivity index (χ0n) is 12.3. The maximum Gasteiger partial charge on any atom is 0.185 e. The Morgan fingerprint density at radius 2 is 1.81 bits per heavy atom. The minimum Gasteiger partial charge on any atom is -0.292 e. The van der Waals surface area contributed by atoms with Crippen molar-refractivity contribution < 1.29 is 4.79 Å². The summed E-state index contributed by atoms with van der Waals surface area (Å²) in [5.41, 5.74) is 4.53. The molecule has 1 atom stereocenters. The SMILES string of the molecule is Cc1ccc(C(C#N)C(=O)c2cccc(C)c2Br)cc1C. The van der Waals surface area contributed by atoms with Gasteiger partial charge in [0, 0.05) is 10.0 Å². The van der Waals surface area contributed by atoms with E-state index in [9.17, 15) is 10.1 Å². The van der Waals surface area contributed by atoms with Crippen molar-refractivity contribution in [3.05, 3.63) is 68.7 Å². The number of ketones is 1. The van der Waals surface area contributed by atoms with Gasteiger partial charge in [0.15, 0.2) is 5.78 Å². The van der Waals surface area contributed by atoms with Crippen LogP contribution in [0.5, 0.6) is 0 Å². The number of aryl methyl sites for hydroxylation is 3. The molecule has 106 valence electrons. The normalized spacial score (nSPS) is 11.8. The Labute approximate surface area is 133 Å². The van der Waals surface area contributed by atoms with Crippen molar-refractivity contribution in [3.8, 4) is 6.07 Å². The first-order valence-corrected chi connectivity index (χ1v) is 7.51. The molecule has 0 aliphatic rings. The Morgan fingerprint density at radius 1 is 1.10 bits per heavy atom. The summed E-state index contributed by atoms with van der Waals surface area (Å²) in [7, 11) is 0. The number of carbonyl (C=O) groups is 1. The number of hydrogen-bond acceptors (Lipinski definition) is 2. The van der Waals surface area contributed by atoms with Gasteiger partial charge in [-0.3, -0.25) is 4.79 Å². The van der Waals surface area contributed by atoms with Crippen molar-refractivity contribution >= 4 is 21.7 Å². The predicted octanol–water partition coefficient (Wildman–Crippen LogP) is 4.86. The predicted molar refractivity (Wildman–Crippen MR) is 87.5 cm³/mol. The van der Waals surface area contributed by atoms with E-state index in [1.54, 1.807) is 6.07 Å². The topological polar surface area (TPSA) is 40.9 Å². The van der Waals surface area contributed by atoms with Gasteiger partial charge in [-0.15, -0.1) is 0 Å². The van der Waals surface area contributed by atoms with E-state index in [4.69, 9.17) is 0 Å². The highest BCUT2D eigenvalue weighted by Gasteiger charge is 2.24. The van der Waals surface area contributed by atoms with Gasteiger partial charge >= 0.3 is 0 Å². The van der Waals surface area contributed by atoms with Crippen LogP contribution in [0.1, 0.15) is 38.5 Å². The molecule has 0 spiro atoms. The smallest absolute Gasteiger partial charge is 0.185 e. The highest BCUT2D eigenvalue weighted by atomic mass is 79.9. The van der Waals surface area contributed by atoms with Crippen LogP contribution in [0.2, 0.25) is 0 Å². The van der Waals surface area contributed by atoms with E-state index in [-0.39, 0.29) is 5.78 Å². The van der Waals surface area contributed by atoms with E-state index in [1.807, 2.05) is 51.1 Å².